The predicted molar refractivity (Wildman–Crippen MR) is 81.5 cm³/mol. The Balaban J connectivity index is 2.30. The van der Waals surface area contributed by atoms with Gasteiger partial charge in [-0.15, -0.1) is 0 Å². The molecule has 0 fully saturated rings. The maximum atomic E-state index is 6.01. The maximum absolute atomic E-state index is 6.01. The average molecular weight is 326 g/mol. The minimum atomic E-state index is 0.187. The van der Waals surface area contributed by atoms with Crippen LogP contribution in [-0.2, 0) is 0 Å². The van der Waals surface area contributed by atoms with Crippen LogP contribution in [0.1, 0.15) is 25.5 Å². The Morgan fingerprint density at radius 3 is 2.89 bits per heavy atom. The van der Waals surface area contributed by atoms with Gasteiger partial charge in [-0.05, 0) is 29.7 Å². The first kappa shape index (κ1) is 14.2. The highest BCUT2D eigenvalue weighted by Gasteiger charge is 2.29. The molecule has 1 atom stereocenters. The first-order valence-corrected chi connectivity index (χ1v) is 7.22. The summed E-state index contributed by atoms with van der Waals surface area (Å²) in [6, 6.07) is 6.19. The fourth-order valence-electron chi connectivity index (χ4n) is 2.31. The molecule has 1 aromatic rings. The molecular formula is C14H20BrN3O. The summed E-state index contributed by atoms with van der Waals surface area (Å²) >= 11 is 3.61. The molecule has 0 aliphatic carbocycles. The van der Waals surface area contributed by atoms with Crippen molar-refractivity contribution < 1.29 is 4.74 Å². The lowest BCUT2D eigenvalue weighted by Gasteiger charge is -2.29. The molecule has 0 saturated heterocycles. The number of hydrogen-bond acceptors (Lipinski definition) is 4. The van der Waals surface area contributed by atoms with Gasteiger partial charge in [0.25, 0.3) is 0 Å². The molecular weight excluding hydrogens is 306 g/mol. The standard InChI is InChI=1S/C14H20BrN3O/c1-9(2)8-18-13(7-17-14(18)16)11-6-10(19-3)4-5-12(11)15/h4-6,9,13H,7-8H2,1-3H3,(H2,16,17). The van der Waals surface area contributed by atoms with Crippen LogP contribution in [0.4, 0.5) is 0 Å². The molecule has 1 unspecified atom stereocenters. The SMILES string of the molecule is COc1ccc(Br)c(C2CN=C(N)N2CC(C)C)c1. The first-order chi connectivity index (χ1) is 9.02. The van der Waals surface area contributed by atoms with Crippen molar-refractivity contribution in [3.63, 3.8) is 0 Å². The van der Waals surface area contributed by atoms with E-state index < -0.39 is 0 Å². The van der Waals surface area contributed by atoms with Gasteiger partial charge in [0, 0.05) is 11.0 Å². The van der Waals surface area contributed by atoms with Gasteiger partial charge in [0.1, 0.15) is 5.75 Å². The number of halogens is 1. The molecule has 0 spiro atoms. The topological polar surface area (TPSA) is 50.9 Å². The summed E-state index contributed by atoms with van der Waals surface area (Å²) in [7, 11) is 1.68. The second kappa shape index (κ2) is 5.82. The summed E-state index contributed by atoms with van der Waals surface area (Å²) in [6.07, 6.45) is 0. The molecule has 4 nitrogen and oxygen atoms in total. The fraction of sp³-hybridized carbons (Fsp3) is 0.500. The van der Waals surface area contributed by atoms with Gasteiger partial charge in [0.2, 0.25) is 0 Å². The Bertz CT molecular complexity index is 488. The summed E-state index contributed by atoms with van der Waals surface area (Å²) in [6.45, 7) is 5.97. The van der Waals surface area contributed by atoms with E-state index in [2.05, 4.69) is 45.7 Å². The molecule has 104 valence electrons. The second-order valence-electron chi connectivity index (χ2n) is 5.15. The number of benzene rings is 1. The summed E-state index contributed by atoms with van der Waals surface area (Å²) in [5.41, 5.74) is 7.18. The highest BCUT2D eigenvalue weighted by molar-refractivity contribution is 9.10. The van der Waals surface area contributed by atoms with E-state index in [4.69, 9.17) is 10.5 Å². The summed E-state index contributed by atoms with van der Waals surface area (Å²) in [5, 5.41) is 0. The lowest BCUT2D eigenvalue weighted by Crippen LogP contribution is -2.38. The number of nitrogens with two attached hydrogens (primary N) is 1. The van der Waals surface area contributed by atoms with Crippen molar-refractivity contribution in [2.24, 2.45) is 16.6 Å². The van der Waals surface area contributed by atoms with E-state index in [9.17, 15) is 0 Å². The van der Waals surface area contributed by atoms with Crippen LogP contribution in [0.25, 0.3) is 0 Å². The van der Waals surface area contributed by atoms with E-state index in [0.717, 1.165) is 16.8 Å². The molecule has 0 radical (unpaired) electrons. The Hall–Kier alpha value is -1.23. The molecule has 1 aliphatic heterocycles. The molecule has 1 aromatic carbocycles. The van der Waals surface area contributed by atoms with Gasteiger partial charge >= 0.3 is 0 Å². The minimum Gasteiger partial charge on any atom is -0.497 e. The van der Waals surface area contributed by atoms with Crippen LogP contribution in [0.15, 0.2) is 27.7 Å². The van der Waals surface area contributed by atoms with Crippen molar-refractivity contribution in [3.8, 4) is 5.75 Å². The van der Waals surface area contributed by atoms with Crippen LogP contribution in [-0.4, -0.2) is 31.1 Å². The Kier molecular flexibility index (Phi) is 4.34. The molecule has 0 aromatic heterocycles. The summed E-state index contributed by atoms with van der Waals surface area (Å²) in [4.78, 5) is 6.55. The van der Waals surface area contributed by atoms with E-state index in [1.807, 2.05) is 12.1 Å². The van der Waals surface area contributed by atoms with Crippen LogP contribution >= 0.6 is 15.9 Å². The van der Waals surface area contributed by atoms with Crippen LogP contribution < -0.4 is 10.5 Å². The van der Waals surface area contributed by atoms with Crippen LogP contribution in [0.5, 0.6) is 5.75 Å². The van der Waals surface area contributed by atoms with Crippen LogP contribution in [0.3, 0.4) is 0 Å². The Labute approximate surface area is 122 Å². The van der Waals surface area contributed by atoms with E-state index >= 15 is 0 Å². The third kappa shape index (κ3) is 3.03. The van der Waals surface area contributed by atoms with Gasteiger partial charge in [0.05, 0.1) is 19.7 Å². The molecule has 19 heavy (non-hydrogen) atoms. The maximum Gasteiger partial charge on any atom is 0.191 e. The van der Waals surface area contributed by atoms with Crippen molar-refractivity contribution in [2.45, 2.75) is 19.9 Å². The van der Waals surface area contributed by atoms with Crippen LogP contribution in [0.2, 0.25) is 0 Å². The first-order valence-electron chi connectivity index (χ1n) is 6.43. The number of methoxy groups -OCH3 is 1. The Morgan fingerprint density at radius 1 is 1.53 bits per heavy atom. The van der Waals surface area contributed by atoms with E-state index in [1.54, 1.807) is 7.11 Å². The highest BCUT2D eigenvalue weighted by atomic mass is 79.9. The molecule has 5 heteroatoms. The third-order valence-electron chi connectivity index (χ3n) is 3.22. The van der Waals surface area contributed by atoms with E-state index in [-0.39, 0.29) is 6.04 Å². The monoisotopic (exact) mass is 325 g/mol. The van der Waals surface area contributed by atoms with Gasteiger partial charge in [-0.3, -0.25) is 4.99 Å². The van der Waals surface area contributed by atoms with Gasteiger partial charge in [-0.25, -0.2) is 0 Å². The number of nitrogens with zero attached hydrogens (tertiary/aromatic N) is 2. The molecule has 1 heterocycles. The zero-order valence-corrected chi connectivity index (χ0v) is 13.1. The van der Waals surface area contributed by atoms with Crippen molar-refractivity contribution in [1.82, 2.24) is 4.90 Å². The lowest BCUT2D eigenvalue weighted by atomic mass is 10.0. The van der Waals surface area contributed by atoms with Gasteiger partial charge in [0.15, 0.2) is 5.96 Å². The largest absolute Gasteiger partial charge is 0.497 e. The van der Waals surface area contributed by atoms with Crippen LogP contribution in [0, 0.1) is 5.92 Å². The zero-order valence-electron chi connectivity index (χ0n) is 11.6. The average Bonchev–Trinajstić information content (AvgIpc) is 2.71. The van der Waals surface area contributed by atoms with Gasteiger partial charge < -0.3 is 15.4 Å². The molecule has 2 N–H and O–H groups in total. The fourth-order valence-corrected chi connectivity index (χ4v) is 2.82. The van der Waals surface area contributed by atoms with E-state index in [0.29, 0.717) is 18.4 Å². The smallest absolute Gasteiger partial charge is 0.191 e. The third-order valence-corrected chi connectivity index (χ3v) is 3.94. The molecule has 0 saturated carbocycles. The summed E-state index contributed by atoms with van der Waals surface area (Å²) in [5.74, 6) is 2.03. The number of ether oxygens (including phenoxy) is 1. The van der Waals surface area contributed by atoms with Crippen molar-refractivity contribution >= 4 is 21.9 Å². The quantitative estimate of drug-likeness (QED) is 0.926. The second-order valence-corrected chi connectivity index (χ2v) is 6.00. The van der Waals surface area contributed by atoms with Crippen molar-refractivity contribution in [3.05, 3.63) is 28.2 Å². The normalized spacial score (nSPS) is 18.9. The lowest BCUT2D eigenvalue weighted by molar-refractivity contribution is 0.307. The predicted octanol–water partition coefficient (Wildman–Crippen LogP) is 2.79. The molecule has 2 rings (SSSR count). The highest BCUT2D eigenvalue weighted by Crippen LogP contribution is 2.34. The number of aliphatic imine (C=N–C) groups is 1. The van der Waals surface area contributed by atoms with Gasteiger partial charge in [-0.1, -0.05) is 29.8 Å². The van der Waals surface area contributed by atoms with E-state index in [1.165, 1.54) is 5.56 Å². The molecule has 1 aliphatic rings. The Morgan fingerprint density at radius 2 is 2.26 bits per heavy atom. The number of hydrogen-bond donors (Lipinski definition) is 1. The zero-order chi connectivity index (χ0) is 14.0. The number of rotatable bonds is 4. The number of guanidine groups is 1. The van der Waals surface area contributed by atoms with Crippen molar-refractivity contribution in [1.29, 1.82) is 0 Å². The molecule has 0 bridgehead atoms. The molecule has 0 amide bonds. The summed E-state index contributed by atoms with van der Waals surface area (Å²) < 4.78 is 6.37. The van der Waals surface area contributed by atoms with Crippen molar-refractivity contribution in [2.75, 3.05) is 20.2 Å². The minimum absolute atomic E-state index is 0.187. The van der Waals surface area contributed by atoms with Gasteiger partial charge in [-0.2, -0.15) is 0 Å².